The van der Waals surface area contributed by atoms with Gasteiger partial charge < -0.3 is 14.5 Å². The second-order valence-corrected chi connectivity index (χ2v) is 6.49. The van der Waals surface area contributed by atoms with Crippen molar-refractivity contribution in [1.82, 2.24) is 10.6 Å². The first kappa shape index (κ1) is 18.9. The Morgan fingerprint density at radius 2 is 1.93 bits per heavy atom. The first-order valence-corrected chi connectivity index (χ1v) is 8.91. The van der Waals surface area contributed by atoms with Gasteiger partial charge in [0.2, 0.25) is 0 Å². The molecule has 2 aromatic carbocycles. The van der Waals surface area contributed by atoms with Crippen LogP contribution < -0.4 is 15.4 Å². The van der Waals surface area contributed by atoms with Gasteiger partial charge in [0.1, 0.15) is 17.3 Å². The summed E-state index contributed by atoms with van der Waals surface area (Å²) in [5.74, 6) is 1.72. The number of methoxy groups -OCH3 is 1. The summed E-state index contributed by atoms with van der Waals surface area (Å²) in [6.07, 6.45) is 0. The molecule has 7 heteroatoms. The van der Waals surface area contributed by atoms with E-state index in [-0.39, 0.29) is 11.0 Å². The number of carbonyl (C=O) groups excluding carboxylic acids is 1. The van der Waals surface area contributed by atoms with Crippen molar-refractivity contribution in [3.8, 4) is 17.1 Å². The highest BCUT2D eigenvalue weighted by molar-refractivity contribution is 7.80. The van der Waals surface area contributed by atoms with Crippen LogP contribution in [0.4, 0.5) is 0 Å². The fraction of sp³-hybridized carbons (Fsp3) is 0.100. The van der Waals surface area contributed by atoms with Crippen LogP contribution in [-0.4, -0.2) is 18.1 Å². The number of thiocarbonyl (C=S) groups is 1. The lowest BCUT2D eigenvalue weighted by atomic mass is 10.2. The highest BCUT2D eigenvalue weighted by Crippen LogP contribution is 2.23. The average molecular weight is 401 g/mol. The van der Waals surface area contributed by atoms with Crippen LogP contribution in [0.1, 0.15) is 16.1 Å². The van der Waals surface area contributed by atoms with Crippen LogP contribution in [0.3, 0.4) is 0 Å². The van der Waals surface area contributed by atoms with E-state index in [9.17, 15) is 4.79 Å². The minimum atomic E-state index is -0.312. The van der Waals surface area contributed by atoms with E-state index in [0.717, 1.165) is 11.3 Å². The molecule has 0 radical (unpaired) electrons. The maximum Gasteiger partial charge on any atom is 0.257 e. The van der Waals surface area contributed by atoms with Crippen LogP contribution >= 0.6 is 23.8 Å². The smallest absolute Gasteiger partial charge is 0.257 e. The molecule has 3 aromatic rings. The minimum absolute atomic E-state index is 0.215. The number of nitrogens with one attached hydrogen (secondary N) is 2. The number of amides is 1. The number of hydrogen-bond acceptors (Lipinski definition) is 4. The molecule has 5 nitrogen and oxygen atoms in total. The van der Waals surface area contributed by atoms with Gasteiger partial charge in [0.05, 0.1) is 13.7 Å². The molecular formula is C20H17ClN2O3S. The van der Waals surface area contributed by atoms with Crippen molar-refractivity contribution >= 4 is 34.8 Å². The van der Waals surface area contributed by atoms with E-state index >= 15 is 0 Å². The average Bonchev–Trinajstić information content (AvgIpc) is 3.16. The number of rotatable bonds is 5. The van der Waals surface area contributed by atoms with Gasteiger partial charge in [0.25, 0.3) is 5.91 Å². The van der Waals surface area contributed by atoms with Crippen molar-refractivity contribution in [3.63, 3.8) is 0 Å². The molecule has 138 valence electrons. The summed E-state index contributed by atoms with van der Waals surface area (Å²) in [5.41, 5.74) is 1.39. The van der Waals surface area contributed by atoms with Gasteiger partial charge in [-0.1, -0.05) is 17.7 Å². The monoisotopic (exact) mass is 400 g/mol. The van der Waals surface area contributed by atoms with Crippen molar-refractivity contribution in [1.29, 1.82) is 0 Å². The second-order valence-electron chi connectivity index (χ2n) is 5.64. The third kappa shape index (κ3) is 5.09. The quantitative estimate of drug-likeness (QED) is 0.621. The van der Waals surface area contributed by atoms with Crippen molar-refractivity contribution in [2.24, 2.45) is 0 Å². The molecule has 1 aromatic heterocycles. The topological polar surface area (TPSA) is 63.5 Å². The summed E-state index contributed by atoms with van der Waals surface area (Å²) in [5, 5.41) is 6.47. The van der Waals surface area contributed by atoms with Gasteiger partial charge in [-0.05, 0) is 66.8 Å². The lowest BCUT2D eigenvalue weighted by Crippen LogP contribution is -2.38. The van der Waals surface area contributed by atoms with Crippen molar-refractivity contribution in [3.05, 3.63) is 77.0 Å². The summed E-state index contributed by atoms with van der Waals surface area (Å²) in [6.45, 7) is 0.352. The zero-order valence-corrected chi connectivity index (χ0v) is 16.1. The van der Waals surface area contributed by atoms with Crippen molar-refractivity contribution < 1.29 is 13.9 Å². The molecular weight excluding hydrogens is 384 g/mol. The van der Waals surface area contributed by atoms with Crippen molar-refractivity contribution in [2.75, 3.05) is 7.11 Å². The molecule has 1 amide bonds. The van der Waals surface area contributed by atoms with Crippen LogP contribution in [0.5, 0.6) is 5.75 Å². The molecule has 1 heterocycles. The number of carbonyl (C=O) groups is 1. The molecule has 0 unspecified atom stereocenters. The molecule has 0 aliphatic carbocycles. The van der Waals surface area contributed by atoms with Gasteiger partial charge in [-0.25, -0.2) is 0 Å². The molecule has 3 rings (SSSR count). The highest BCUT2D eigenvalue weighted by Gasteiger charge is 2.10. The summed E-state index contributed by atoms with van der Waals surface area (Å²) < 4.78 is 10.9. The van der Waals surface area contributed by atoms with E-state index in [0.29, 0.717) is 28.6 Å². The van der Waals surface area contributed by atoms with Gasteiger partial charge in [-0.3, -0.25) is 10.1 Å². The third-order valence-electron chi connectivity index (χ3n) is 3.77. The Kier molecular flexibility index (Phi) is 6.11. The van der Waals surface area contributed by atoms with Crippen LogP contribution in [-0.2, 0) is 6.54 Å². The molecule has 0 aliphatic heterocycles. The molecule has 0 bridgehead atoms. The molecule has 0 atom stereocenters. The second kappa shape index (κ2) is 8.70. The SMILES string of the molecule is COc1cccc(C(=O)NC(=S)NCc2ccc(-c3ccc(Cl)cc3)o2)c1. The fourth-order valence-electron chi connectivity index (χ4n) is 2.39. The first-order valence-electron chi connectivity index (χ1n) is 8.13. The number of hydrogen-bond donors (Lipinski definition) is 2. The third-order valence-corrected chi connectivity index (χ3v) is 4.27. The Balaban J connectivity index is 1.54. The van der Waals surface area contributed by atoms with Gasteiger partial charge in [0, 0.05) is 16.1 Å². The van der Waals surface area contributed by atoms with Crippen LogP contribution in [0.2, 0.25) is 5.02 Å². The Morgan fingerprint density at radius 1 is 1.15 bits per heavy atom. The van der Waals surface area contributed by atoms with Crippen molar-refractivity contribution in [2.45, 2.75) is 6.54 Å². The zero-order chi connectivity index (χ0) is 19.2. The molecule has 0 spiro atoms. The van der Waals surface area contributed by atoms with Gasteiger partial charge in [0.15, 0.2) is 5.11 Å². The molecule has 0 fully saturated rings. The normalized spacial score (nSPS) is 10.3. The fourth-order valence-corrected chi connectivity index (χ4v) is 2.68. The number of halogens is 1. The standard InChI is InChI=1S/C20H17ClN2O3S/c1-25-16-4-2-3-14(11-16)19(24)23-20(27)22-12-17-9-10-18(26-17)13-5-7-15(21)8-6-13/h2-11H,12H2,1H3,(H2,22,23,24,27). The van der Waals surface area contributed by atoms with Gasteiger partial charge >= 0.3 is 0 Å². The Morgan fingerprint density at radius 3 is 2.67 bits per heavy atom. The molecule has 0 saturated carbocycles. The molecule has 0 aliphatic rings. The molecule has 2 N–H and O–H groups in total. The predicted octanol–water partition coefficient (Wildman–Crippen LogP) is 4.41. The largest absolute Gasteiger partial charge is 0.497 e. The highest BCUT2D eigenvalue weighted by atomic mass is 35.5. The number of furan rings is 1. The van der Waals surface area contributed by atoms with E-state index in [1.54, 1.807) is 43.5 Å². The lowest BCUT2D eigenvalue weighted by molar-refractivity contribution is 0.0976. The van der Waals surface area contributed by atoms with Crippen LogP contribution in [0, 0.1) is 0 Å². The summed E-state index contributed by atoms with van der Waals surface area (Å²) in [7, 11) is 1.55. The van der Waals surface area contributed by atoms with Gasteiger partial charge in [-0.2, -0.15) is 0 Å². The lowest BCUT2D eigenvalue weighted by Gasteiger charge is -2.09. The minimum Gasteiger partial charge on any atom is -0.497 e. The predicted molar refractivity (Wildman–Crippen MR) is 109 cm³/mol. The van der Waals surface area contributed by atoms with E-state index in [2.05, 4.69) is 10.6 Å². The zero-order valence-electron chi connectivity index (χ0n) is 14.5. The molecule has 0 saturated heterocycles. The van der Waals surface area contributed by atoms with Crippen LogP contribution in [0.25, 0.3) is 11.3 Å². The maximum absolute atomic E-state index is 12.2. The van der Waals surface area contributed by atoms with E-state index in [1.165, 1.54) is 0 Å². The Labute approximate surface area is 167 Å². The van der Waals surface area contributed by atoms with Crippen LogP contribution in [0.15, 0.2) is 65.1 Å². The Hall–Kier alpha value is -2.83. The number of ether oxygens (including phenoxy) is 1. The van der Waals surface area contributed by atoms with Gasteiger partial charge in [-0.15, -0.1) is 0 Å². The Bertz CT molecular complexity index is 954. The van der Waals surface area contributed by atoms with E-state index in [1.807, 2.05) is 24.3 Å². The van der Waals surface area contributed by atoms with E-state index < -0.39 is 0 Å². The maximum atomic E-state index is 12.2. The summed E-state index contributed by atoms with van der Waals surface area (Å²) in [6, 6.07) is 17.9. The number of benzene rings is 2. The molecule has 27 heavy (non-hydrogen) atoms. The van der Waals surface area contributed by atoms with E-state index in [4.69, 9.17) is 33.0 Å². The summed E-state index contributed by atoms with van der Waals surface area (Å²) >= 11 is 11.1. The summed E-state index contributed by atoms with van der Waals surface area (Å²) in [4.78, 5) is 12.2. The first-order chi connectivity index (χ1) is 13.0.